The van der Waals surface area contributed by atoms with E-state index in [2.05, 4.69) is 10.6 Å². The smallest absolute Gasteiger partial charge is 0.243 e. The Bertz CT molecular complexity index is 787. The molecule has 0 aliphatic rings. The van der Waals surface area contributed by atoms with Crippen molar-refractivity contribution in [1.29, 1.82) is 0 Å². The summed E-state index contributed by atoms with van der Waals surface area (Å²) >= 11 is 0. The van der Waals surface area contributed by atoms with Crippen LogP contribution in [0.2, 0.25) is 0 Å². The van der Waals surface area contributed by atoms with E-state index >= 15 is 0 Å². The lowest BCUT2D eigenvalue weighted by atomic mass is 10.2. The highest BCUT2D eigenvalue weighted by molar-refractivity contribution is 5.93. The Labute approximate surface area is 147 Å². The Morgan fingerprint density at radius 3 is 2.08 bits per heavy atom. The van der Waals surface area contributed by atoms with Crippen molar-refractivity contribution in [2.24, 2.45) is 0 Å². The van der Waals surface area contributed by atoms with Crippen LogP contribution in [0.5, 0.6) is 5.75 Å². The molecular weight excluding hydrogens is 312 g/mol. The summed E-state index contributed by atoms with van der Waals surface area (Å²) in [6.45, 7) is 0.742. The molecule has 0 heterocycles. The second-order valence-electron chi connectivity index (χ2n) is 5.57. The topological polar surface area (TPSA) is 50.4 Å². The van der Waals surface area contributed by atoms with E-state index in [0.717, 1.165) is 22.7 Å². The summed E-state index contributed by atoms with van der Waals surface area (Å²) < 4.78 is 5.74. The molecule has 0 spiro atoms. The third-order valence-corrected chi connectivity index (χ3v) is 3.61. The molecule has 0 radical (unpaired) electrons. The minimum absolute atomic E-state index is 0.0874. The predicted molar refractivity (Wildman–Crippen MR) is 101 cm³/mol. The molecule has 4 nitrogen and oxygen atoms in total. The van der Waals surface area contributed by atoms with Gasteiger partial charge in [-0.25, -0.2) is 0 Å². The van der Waals surface area contributed by atoms with Crippen molar-refractivity contribution < 1.29 is 9.53 Å². The minimum atomic E-state index is -0.0874. The number of rotatable bonds is 7. The minimum Gasteiger partial charge on any atom is -0.489 e. The van der Waals surface area contributed by atoms with Crippen LogP contribution in [0.15, 0.2) is 84.9 Å². The highest BCUT2D eigenvalue weighted by atomic mass is 16.5. The number of hydrogen-bond acceptors (Lipinski definition) is 3. The fraction of sp³-hybridized carbons (Fsp3) is 0.0952. The van der Waals surface area contributed by atoms with Gasteiger partial charge < -0.3 is 15.4 Å². The van der Waals surface area contributed by atoms with E-state index in [-0.39, 0.29) is 12.5 Å². The van der Waals surface area contributed by atoms with E-state index in [1.165, 1.54) is 0 Å². The standard InChI is InChI=1S/C21H20N2O2/c24-21(23-19-9-5-2-6-10-19)15-22-18-11-13-20(14-12-18)25-16-17-7-3-1-4-8-17/h1-14,22H,15-16H2,(H,23,24). The maximum atomic E-state index is 11.9. The van der Waals surface area contributed by atoms with Crippen molar-refractivity contribution in [3.05, 3.63) is 90.5 Å². The molecule has 25 heavy (non-hydrogen) atoms. The van der Waals surface area contributed by atoms with Gasteiger partial charge in [0.15, 0.2) is 0 Å². The van der Waals surface area contributed by atoms with Crippen molar-refractivity contribution in [3.63, 3.8) is 0 Å². The first kappa shape index (κ1) is 16.6. The predicted octanol–water partition coefficient (Wildman–Crippen LogP) is 4.32. The van der Waals surface area contributed by atoms with Crippen molar-refractivity contribution >= 4 is 17.3 Å². The molecule has 0 saturated heterocycles. The molecule has 0 aromatic heterocycles. The average Bonchev–Trinajstić information content (AvgIpc) is 2.67. The first-order chi connectivity index (χ1) is 12.3. The second kappa shape index (κ2) is 8.55. The Morgan fingerprint density at radius 1 is 0.760 bits per heavy atom. The summed E-state index contributed by atoms with van der Waals surface area (Å²) in [5, 5.41) is 5.93. The third kappa shape index (κ3) is 5.39. The molecule has 0 fully saturated rings. The molecule has 3 rings (SSSR count). The summed E-state index contributed by atoms with van der Waals surface area (Å²) in [5.74, 6) is 0.707. The zero-order chi connectivity index (χ0) is 17.3. The maximum absolute atomic E-state index is 11.9. The molecule has 0 atom stereocenters. The van der Waals surface area contributed by atoms with Gasteiger partial charge in [0.2, 0.25) is 5.91 Å². The SMILES string of the molecule is O=C(CNc1ccc(OCc2ccccc2)cc1)Nc1ccccc1. The first-order valence-electron chi connectivity index (χ1n) is 8.15. The molecule has 0 unspecified atom stereocenters. The Kier molecular flexibility index (Phi) is 5.67. The number of carbonyl (C=O) groups excluding carboxylic acids is 1. The second-order valence-corrected chi connectivity index (χ2v) is 5.57. The van der Waals surface area contributed by atoms with Crippen LogP contribution in [0, 0.1) is 0 Å². The molecule has 3 aromatic rings. The molecule has 3 aromatic carbocycles. The average molecular weight is 332 g/mol. The molecule has 0 aliphatic carbocycles. The van der Waals surface area contributed by atoms with Crippen LogP contribution in [-0.2, 0) is 11.4 Å². The number of ether oxygens (including phenoxy) is 1. The number of amides is 1. The van der Waals surface area contributed by atoms with E-state index in [0.29, 0.717) is 6.61 Å². The lowest BCUT2D eigenvalue weighted by Gasteiger charge is -2.09. The van der Waals surface area contributed by atoms with Gasteiger partial charge in [0.1, 0.15) is 12.4 Å². The van der Waals surface area contributed by atoms with Gasteiger partial charge in [0.25, 0.3) is 0 Å². The monoisotopic (exact) mass is 332 g/mol. The highest BCUT2D eigenvalue weighted by Gasteiger charge is 2.02. The molecule has 0 bridgehead atoms. The van der Waals surface area contributed by atoms with E-state index in [1.54, 1.807) is 0 Å². The van der Waals surface area contributed by atoms with Crippen molar-refractivity contribution in [1.82, 2.24) is 0 Å². The van der Waals surface area contributed by atoms with Crippen LogP contribution < -0.4 is 15.4 Å². The molecule has 2 N–H and O–H groups in total. The Hall–Kier alpha value is -3.27. The number of para-hydroxylation sites is 1. The van der Waals surface area contributed by atoms with E-state index in [4.69, 9.17) is 4.74 Å². The number of nitrogens with one attached hydrogen (secondary N) is 2. The summed E-state index contributed by atoms with van der Waals surface area (Å²) in [7, 11) is 0. The molecule has 0 saturated carbocycles. The summed E-state index contributed by atoms with van der Waals surface area (Å²) in [6.07, 6.45) is 0. The van der Waals surface area contributed by atoms with Crippen LogP contribution in [0.4, 0.5) is 11.4 Å². The van der Waals surface area contributed by atoms with Crippen molar-refractivity contribution in [2.45, 2.75) is 6.61 Å². The maximum Gasteiger partial charge on any atom is 0.243 e. The summed E-state index contributed by atoms with van der Waals surface area (Å²) in [5.41, 5.74) is 2.79. The van der Waals surface area contributed by atoms with Crippen LogP contribution in [0.3, 0.4) is 0 Å². The fourth-order valence-corrected chi connectivity index (χ4v) is 2.32. The molecule has 1 amide bonds. The summed E-state index contributed by atoms with van der Waals surface area (Å²) in [6, 6.07) is 27.0. The van der Waals surface area contributed by atoms with Crippen molar-refractivity contribution in [2.75, 3.05) is 17.2 Å². The van der Waals surface area contributed by atoms with Crippen LogP contribution in [0.1, 0.15) is 5.56 Å². The third-order valence-electron chi connectivity index (χ3n) is 3.61. The van der Waals surface area contributed by atoms with E-state index < -0.39 is 0 Å². The summed E-state index contributed by atoms with van der Waals surface area (Å²) in [4.78, 5) is 11.9. The highest BCUT2D eigenvalue weighted by Crippen LogP contribution is 2.17. The molecular formula is C21H20N2O2. The van der Waals surface area contributed by atoms with Gasteiger partial charge in [0, 0.05) is 11.4 Å². The number of carbonyl (C=O) groups is 1. The van der Waals surface area contributed by atoms with Gasteiger partial charge in [-0.2, -0.15) is 0 Å². The van der Waals surface area contributed by atoms with Crippen LogP contribution >= 0.6 is 0 Å². The quantitative estimate of drug-likeness (QED) is 0.677. The van der Waals surface area contributed by atoms with Gasteiger partial charge in [-0.1, -0.05) is 48.5 Å². The Morgan fingerprint density at radius 2 is 1.40 bits per heavy atom. The van der Waals surface area contributed by atoms with Gasteiger partial charge >= 0.3 is 0 Å². The van der Waals surface area contributed by atoms with Crippen LogP contribution in [-0.4, -0.2) is 12.5 Å². The van der Waals surface area contributed by atoms with Crippen molar-refractivity contribution in [3.8, 4) is 5.75 Å². The molecule has 0 aliphatic heterocycles. The van der Waals surface area contributed by atoms with Gasteiger partial charge in [0.05, 0.1) is 6.54 Å². The lowest BCUT2D eigenvalue weighted by molar-refractivity contribution is -0.114. The van der Waals surface area contributed by atoms with Gasteiger partial charge in [-0.3, -0.25) is 4.79 Å². The first-order valence-corrected chi connectivity index (χ1v) is 8.15. The zero-order valence-electron chi connectivity index (χ0n) is 13.8. The van der Waals surface area contributed by atoms with Gasteiger partial charge in [-0.05, 0) is 42.0 Å². The van der Waals surface area contributed by atoms with E-state index in [9.17, 15) is 4.79 Å². The molecule has 4 heteroatoms. The largest absolute Gasteiger partial charge is 0.489 e. The van der Waals surface area contributed by atoms with Crippen LogP contribution in [0.25, 0.3) is 0 Å². The molecule has 126 valence electrons. The number of hydrogen-bond donors (Lipinski definition) is 2. The normalized spacial score (nSPS) is 10.1. The number of anilines is 2. The Balaban J connectivity index is 1.45. The fourth-order valence-electron chi connectivity index (χ4n) is 2.32. The number of benzene rings is 3. The zero-order valence-corrected chi connectivity index (χ0v) is 13.8. The lowest BCUT2D eigenvalue weighted by Crippen LogP contribution is -2.21. The van der Waals surface area contributed by atoms with E-state index in [1.807, 2.05) is 84.9 Å². The van der Waals surface area contributed by atoms with Gasteiger partial charge in [-0.15, -0.1) is 0 Å².